The van der Waals surface area contributed by atoms with E-state index in [1.807, 2.05) is 0 Å². The molecule has 1 amide bonds. The summed E-state index contributed by atoms with van der Waals surface area (Å²) in [7, 11) is -0.346. The number of rotatable bonds is 3. The average Bonchev–Trinajstić information content (AvgIpc) is 2.87. The van der Waals surface area contributed by atoms with Crippen molar-refractivity contribution in [2.45, 2.75) is 23.8 Å². The molecule has 1 aromatic carbocycles. The summed E-state index contributed by atoms with van der Waals surface area (Å²) in [5.74, 6) is -0.166. The molecule has 20 heavy (non-hydrogen) atoms. The molecule has 0 aromatic heterocycles. The topological polar surface area (TPSA) is 57.7 Å². The summed E-state index contributed by atoms with van der Waals surface area (Å²) in [6.45, 7) is 0.388. The number of hydrogen-bond donors (Lipinski definition) is 0. The number of halogens is 1. The van der Waals surface area contributed by atoms with Crippen LogP contribution in [0.2, 0.25) is 0 Å². The Morgan fingerprint density at radius 2 is 2.10 bits per heavy atom. The van der Waals surface area contributed by atoms with E-state index in [4.69, 9.17) is 0 Å². The van der Waals surface area contributed by atoms with Crippen molar-refractivity contribution in [2.75, 3.05) is 20.6 Å². The van der Waals surface area contributed by atoms with E-state index in [1.165, 1.54) is 9.21 Å². The minimum absolute atomic E-state index is 0.166. The predicted octanol–water partition coefficient (Wildman–Crippen LogP) is 1.69. The number of hydrogen-bond acceptors (Lipinski definition) is 3. The molecule has 1 saturated heterocycles. The van der Waals surface area contributed by atoms with E-state index in [2.05, 4.69) is 15.9 Å². The zero-order valence-corrected chi connectivity index (χ0v) is 13.8. The number of carbonyl (C=O) groups excluding carboxylic acids is 1. The van der Waals surface area contributed by atoms with E-state index >= 15 is 0 Å². The van der Waals surface area contributed by atoms with Gasteiger partial charge in [0.2, 0.25) is 15.9 Å². The van der Waals surface area contributed by atoms with Gasteiger partial charge in [-0.3, -0.25) is 4.79 Å². The SMILES string of the molecule is CN(C)C(=O)C1CCCN1S(=O)(=O)c1cccc(Br)c1. The Bertz CT molecular complexity index is 616. The van der Waals surface area contributed by atoms with Crippen molar-refractivity contribution in [3.05, 3.63) is 28.7 Å². The molecule has 0 spiro atoms. The van der Waals surface area contributed by atoms with Crippen molar-refractivity contribution in [3.63, 3.8) is 0 Å². The van der Waals surface area contributed by atoms with Gasteiger partial charge >= 0.3 is 0 Å². The summed E-state index contributed by atoms with van der Waals surface area (Å²) < 4.78 is 27.3. The maximum Gasteiger partial charge on any atom is 0.243 e. The fourth-order valence-electron chi connectivity index (χ4n) is 2.34. The van der Waals surface area contributed by atoms with Crippen LogP contribution in [0.1, 0.15) is 12.8 Å². The molecule has 0 aliphatic carbocycles. The summed E-state index contributed by atoms with van der Waals surface area (Å²) in [5.41, 5.74) is 0. The number of carbonyl (C=O) groups is 1. The molecule has 1 heterocycles. The first-order valence-electron chi connectivity index (χ1n) is 6.32. The van der Waals surface area contributed by atoms with Crippen molar-refractivity contribution >= 4 is 31.9 Å². The van der Waals surface area contributed by atoms with Crippen LogP contribution in [0.25, 0.3) is 0 Å². The van der Waals surface area contributed by atoms with Crippen molar-refractivity contribution in [2.24, 2.45) is 0 Å². The smallest absolute Gasteiger partial charge is 0.243 e. The Balaban J connectivity index is 2.36. The Morgan fingerprint density at radius 1 is 1.40 bits per heavy atom. The molecule has 1 unspecified atom stereocenters. The first kappa shape index (κ1) is 15.5. The molecule has 0 N–H and O–H groups in total. The van der Waals surface area contributed by atoms with Gasteiger partial charge in [0.1, 0.15) is 6.04 Å². The first-order chi connectivity index (χ1) is 9.34. The molecule has 1 aliphatic heterocycles. The quantitative estimate of drug-likeness (QED) is 0.823. The number of nitrogens with zero attached hydrogens (tertiary/aromatic N) is 2. The van der Waals surface area contributed by atoms with Gasteiger partial charge in [0, 0.05) is 25.1 Å². The van der Waals surface area contributed by atoms with Crippen LogP contribution >= 0.6 is 15.9 Å². The number of amides is 1. The molecule has 1 aromatic rings. The molecule has 0 bridgehead atoms. The lowest BCUT2D eigenvalue weighted by atomic mass is 10.2. The first-order valence-corrected chi connectivity index (χ1v) is 8.56. The summed E-state index contributed by atoms with van der Waals surface area (Å²) in [5, 5.41) is 0. The number of benzene rings is 1. The monoisotopic (exact) mass is 360 g/mol. The molecular weight excluding hydrogens is 344 g/mol. The lowest BCUT2D eigenvalue weighted by Gasteiger charge is -2.25. The zero-order chi connectivity index (χ0) is 14.9. The molecule has 110 valence electrons. The third-order valence-corrected chi connectivity index (χ3v) is 5.73. The highest BCUT2D eigenvalue weighted by Crippen LogP contribution is 2.28. The van der Waals surface area contributed by atoms with Crippen molar-refractivity contribution in [1.82, 2.24) is 9.21 Å². The Morgan fingerprint density at radius 3 is 2.70 bits per heavy atom. The van der Waals surface area contributed by atoms with Gasteiger partial charge in [0.25, 0.3) is 0 Å². The van der Waals surface area contributed by atoms with Crippen molar-refractivity contribution in [1.29, 1.82) is 0 Å². The Kier molecular flexibility index (Phi) is 4.51. The zero-order valence-electron chi connectivity index (χ0n) is 11.4. The van der Waals surface area contributed by atoms with Crippen molar-refractivity contribution in [3.8, 4) is 0 Å². The number of sulfonamides is 1. The van der Waals surface area contributed by atoms with Gasteiger partial charge in [-0.1, -0.05) is 22.0 Å². The van der Waals surface area contributed by atoms with Gasteiger partial charge in [0.05, 0.1) is 4.90 Å². The lowest BCUT2D eigenvalue weighted by Crippen LogP contribution is -2.45. The lowest BCUT2D eigenvalue weighted by molar-refractivity contribution is -0.132. The molecule has 0 saturated carbocycles. The normalized spacial score (nSPS) is 20.1. The van der Waals surface area contributed by atoms with Gasteiger partial charge < -0.3 is 4.90 Å². The predicted molar refractivity (Wildman–Crippen MR) is 79.7 cm³/mol. The summed E-state index contributed by atoms with van der Waals surface area (Å²) >= 11 is 3.27. The molecule has 1 aliphatic rings. The van der Waals surface area contributed by atoms with Crippen LogP contribution in [0.15, 0.2) is 33.6 Å². The van der Waals surface area contributed by atoms with Crippen LogP contribution in [-0.2, 0) is 14.8 Å². The second-order valence-electron chi connectivity index (χ2n) is 4.96. The maximum absolute atomic E-state index is 12.7. The largest absolute Gasteiger partial charge is 0.347 e. The van der Waals surface area contributed by atoms with Crippen LogP contribution in [0.3, 0.4) is 0 Å². The molecule has 1 fully saturated rings. The van der Waals surface area contributed by atoms with Crippen LogP contribution < -0.4 is 0 Å². The third kappa shape index (κ3) is 2.89. The minimum Gasteiger partial charge on any atom is -0.347 e. The molecule has 7 heteroatoms. The highest BCUT2D eigenvalue weighted by Gasteiger charge is 2.39. The highest BCUT2D eigenvalue weighted by molar-refractivity contribution is 9.10. The summed E-state index contributed by atoms with van der Waals surface area (Å²) in [4.78, 5) is 13.8. The van der Waals surface area contributed by atoms with E-state index in [-0.39, 0.29) is 10.8 Å². The maximum atomic E-state index is 12.7. The molecule has 2 rings (SSSR count). The Hall–Kier alpha value is -0.920. The standard InChI is InChI=1S/C13H17BrN2O3S/c1-15(2)13(17)12-7-4-8-16(12)20(18,19)11-6-3-5-10(14)9-11/h3,5-6,9,12H,4,7-8H2,1-2H3. The van der Waals surface area contributed by atoms with Gasteiger partial charge in [-0.05, 0) is 31.0 Å². The van der Waals surface area contributed by atoms with Crippen LogP contribution in [-0.4, -0.2) is 50.2 Å². The van der Waals surface area contributed by atoms with E-state index in [9.17, 15) is 13.2 Å². The highest BCUT2D eigenvalue weighted by atomic mass is 79.9. The van der Waals surface area contributed by atoms with E-state index in [0.29, 0.717) is 23.9 Å². The van der Waals surface area contributed by atoms with Gasteiger partial charge in [-0.2, -0.15) is 4.31 Å². The van der Waals surface area contributed by atoms with Gasteiger partial charge in [0.15, 0.2) is 0 Å². The van der Waals surface area contributed by atoms with Gasteiger partial charge in [-0.15, -0.1) is 0 Å². The van der Waals surface area contributed by atoms with Crippen LogP contribution in [0, 0.1) is 0 Å². The third-order valence-electron chi connectivity index (χ3n) is 3.33. The van der Waals surface area contributed by atoms with Crippen LogP contribution in [0.4, 0.5) is 0 Å². The molecular formula is C13H17BrN2O3S. The molecule has 5 nitrogen and oxygen atoms in total. The average molecular weight is 361 g/mol. The van der Waals surface area contributed by atoms with E-state index in [0.717, 1.165) is 0 Å². The second kappa shape index (κ2) is 5.83. The van der Waals surface area contributed by atoms with E-state index in [1.54, 1.807) is 38.4 Å². The molecule has 1 atom stereocenters. The van der Waals surface area contributed by atoms with Crippen molar-refractivity contribution < 1.29 is 13.2 Å². The fourth-order valence-corrected chi connectivity index (χ4v) is 4.58. The summed E-state index contributed by atoms with van der Waals surface area (Å²) in [6.07, 6.45) is 1.28. The summed E-state index contributed by atoms with van der Waals surface area (Å²) in [6, 6.07) is 5.97. The van der Waals surface area contributed by atoms with E-state index < -0.39 is 16.1 Å². The minimum atomic E-state index is -3.63. The number of likely N-dealkylation sites (N-methyl/N-ethyl adjacent to an activating group) is 1. The second-order valence-corrected chi connectivity index (χ2v) is 7.77. The fraction of sp³-hybridized carbons (Fsp3) is 0.462. The van der Waals surface area contributed by atoms with Crippen LogP contribution in [0.5, 0.6) is 0 Å². The van der Waals surface area contributed by atoms with Gasteiger partial charge in [-0.25, -0.2) is 8.42 Å². The Labute approximate surface area is 127 Å². The molecule has 0 radical (unpaired) electrons.